The summed E-state index contributed by atoms with van der Waals surface area (Å²) in [6.45, 7) is 0.538. The summed E-state index contributed by atoms with van der Waals surface area (Å²) in [5.74, 6) is -0.262. The van der Waals surface area contributed by atoms with Crippen LogP contribution in [-0.4, -0.2) is 50.0 Å². The SMILES string of the molecule is CNC(=O)c1ccc(S(=O)(=O)N2CCC[C@H](O)C2)cc1. The molecule has 1 aromatic rings. The smallest absolute Gasteiger partial charge is 0.251 e. The molecule has 0 spiro atoms. The maximum absolute atomic E-state index is 12.4. The van der Waals surface area contributed by atoms with E-state index >= 15 is 0 Å². The number of β-amino-alcohol motifs (C(OH)–C–C–N with tert-alkyl or cyclic N) is 1. The predicted molar refractivity (Wildman–Crippen MR) is 73.8 cm³/mol. The van der Waals surface area contributed by atoms with Crippen LogP contribution < -0.4 is 5.32 Å². The van der Waals surface area contributed by atoms with Crippen LogP contribution in [0, 0.1) is 0 Å². The zero-order chi connectivity index (χ0) is 14.8. The molecule has 2 N–H and O–H groups in total. The van der Waals surface area contributed by atoms with Crippen LogP contribution in [0.5, 0.6) is 0 Å². The normalized spacial score (nSPS) is 20.6. The second kappa shape index (κ2) is 5.90. The fourth-order valence-electron chi connectivity index (χ4n) is 2.21. The van der Waals surface area contributed by atoms with E-state index < -0.39 is 16.1 Å². The number of aliphatic hydroxyl groups excluding tert-OH is 1. The molecule has 0 saturated carbocycles. The summed E-state index contributed by atoms with van der Waals surface area (Å²) < 4.78 is 26.1. The maximum Gasteiger partial charge on any atom is 0.251 e. The highest BCUT2D eigenvalue weighted by molar-refractivity contribution is 7.89. The number of carbonyl (C=O) groups is 1. The summed E-state index contributed by atoms with van der Waals surface area (Å²) in [5, 5.41) is 12.1. The lowest BCUT2D eigenvalue weighted by atomic mass is 10.1. The third-order valence-corrected chi connectivity index (χ3v) is 5.22. The second-order valence-corrected chi connectivity index (χ2v) is 6.70. The van der Waals surface area contributed by atoms with Crippen molar-refractivity contribution in [3.8, 4) is 0 Å². The number of amides is 1. The van der Waals surface area contributed by atoms with Crippen LogP contribution in [0.25, 0.3) is 0 Å². The van der Waals surface area contributed by atoms with Crippen LogP contribution >= 0.6 is 0 Å². The first-order valence-corrected chi connectivity index (χ1v) is 7.89. The van der Waals surface area contributed by atoms with Gasteiger partial charge >= 0.3 is 0 Å². The van der Waals surface area contributed by atoms with Gasteiger partial charge in [0.1, 0.15) is 0 Å². The number of hydrogen-bond acceptors (Lipinski definition) is 4. The van der Waals surface area contributed by atoms with E-state index in [1.54, 1.807) is 0 Å². The minimum Gasteiger partial charge on any atom is -0.392 e. The molecule has 1 aliphatic rings. The Hall–Kier alpha value is -1.44. The summed E-state index contributed by atoms with van der Waals surface area (Å²) in [6, 6.07) is 5.79. The Labute approximate surface area is 118 Å². The molecule has 7 heteroatoms. The number of nitrogens with zero attached hydrogens (tertiary/aromatic N) is 1. The van der Waals surface area contributed by atoms with E-state index in [9.17, 15) is 18.3 Å². The van der Waals surface area contributed by atoms with Gasteiger partial charge in [-0.15, -0.1) is 0 Å². The zero-order valence-corrected chi connectivity index (χ0v) is 12.1. The molecule has 20 heavy (non-hydrogen) atoms. The molecule has 1 fully saturated rings. The van der Waals surface area contributed by atoms with Crippen molar-refractivity contribution in [1.29, 1.82) is 0 Å². The van der Waals surface area contributed by atoms with Crippen LogP contribution in [0.3, 0.4) is 0 Å². The van der Waals surface area contributed by atoms with Gasteiger partial charge in [0.2, 0.25) is 10.0 Å². The van der Waals surface area contributed by atoms with Crippen LogP contribution in [0.2, 0.25) is 0 Å². The summed E-state index contributed by atoms with van der Waals surface area (Å²) in [7, 11) is -2.09. The number of piperidine rings is 1. The van der Waals surface area contributed by atoms with Gasteiger partial charge < -0.3 is 10.4 Å². The van der Waals surface area contributed by atoms with E-state index in [0.717, 1.165) is 0 Å². The third kappa shape index (κ3) is 3.00. The Morgan fingerprint density at radius 1 is 1.35 bits per heavy atom. The van der Waals surface area contributed by atoms with Crippen LogP contribution in [0.1, 0.15) is 23.2 Å². The van der Waals surface area contributed by atoms with Crippen LogP contribution in [-0.2, 0) is 10.0 Å². The van der Waals surface area contributed by atoms with Gasteiger partial charge in [0.15, 0.2) is 0 Å². The third-order valence-electron chi connectivity index (χ3n) is 3.34. The zero-order valence-electron chi connectivity index (χ0n) is 11.2. The first-order chi connectivity index (χ1) is 9.45. The number of carbonyl (C=O) groups excluding carboxylic acids is 1. The Morgan fingerprint density at radius 2 is 2.00 bits per heavy atom. The molecule has 0 aliphatic carbocycles. The predicted octanol–water partition coefficient (Wildman–Crippen LogP) is 0.192. The molecule has 1 atom stereocenters. The molecule has 0 radical (unpaired) electrons. The summed E-state index contributed by atoms with van der Waals surface area (Å²) >= 11 is 0. The lowest BCUT2D eigenvalue weighted by molar-refractivity contribution is 0.0963. The molecule has 1 aliphatic heterocycles. The number of rotatable bonds is 3. The molecule has 6 nitrogen and oxygen atoms in total. The highest BCUT2D eigenvalue weighted by Crippen LogP contribution is 2.21. The largest absolute Gasteiger partial charge is 0.392 e. The summed E-state index contributed by atoms with van der Waals surface area (Å²) in [5.41, 5.74) is 0.408. The number of hydrogen-bond donors (Lipinski definition) is 2. The Bertz CT molecular complexity index is 583. The van der Waals surface area contributed by atoms with Crippen molar-refractivity contribution in [3.05, 3.63) is 29.8 Å². The van der Waals surface area contributed by atoms with Gasteiger partial charge in [-0.1, -0.05) is 0 Å². The fourth-order valence-corrected chi connectivity index (χ4v) is 3.73. The first-order valence-electron chi connectivity index (χ1n) is 6.45. The summed E-state index contributed by atoms with van der Waals surface area (Å²) in [4.78, 5) is 11.6. The van der Waals surface area contributed by atoms with Gasteiger partial charge in [-0.2, -0.15) is 4.31 Å². The molecule has 1 amide bonds. The molecule has 1 saturated heterocycles. The van der Waals surface area contributed by atoms with Gasteiger partial charge in [-0.05, 0) is 37.1 Å². The van der Waals surface area contributed by atoms with Crippen molar-refractivity contribution in [2.45, 2.75) is 23.8 Å². The quantitative estimate of drug-likeness (QED) is 0.834. The number of benzene rings is 1. The highest BCUT2D eigenvalue weighted by Gasteiger charge is 2.29. The average Bonchev–Trinajstić information content (AvgIpc) is 2.46. The average molecular weight is 298 g/mol. The Morgan fingerprint density at radius 3 is 2.55 bits per heavy atom. The van der Waals surface area contributed by atoms with Gasteiger partial charge in [0.05, 0.1) is 11.0 Å². The maximum atomic E-state index is 12.4. The lowest BCUT2D eigenvalue weighted by Crippen LogP contribution is -2.42. The van der Waals surface area contributed by atoms with E-state index in [1.807, 2.05) is 0 Å². The molecule has 0 unspecified atom stereocenters. The molecule has 1 aromatic carbocycles. The number of nitrogens with one attached hydrogen (secondary N) is 1. The second-order valence-electron chi connectivity index (χ2n) is 4.76. The minimum absolute atomic E-state index is 0.125. The molecule has 1 heterocycles. The van der Waals surface area contributed by atoms with Gasteiger partial charge in [-0.25, -0.2) is 8.42 Å². The monoisotopic (exact) mass is 298 g/mol. The molecule has 0 bridgehead atoms. The van der Waals surface area contributed by atoms with E-state index in [1.165, 1.54) is 35.6 Å². The van der Waals surface area contributed by atoms with Crippen molar-refractivity contribution in [1.82, 2.24) is 9.62 Å². The Balaban J connectivity index is 2.23. The van der Waals surface area contributed by atoms with E-state index in [4.69, 9.17) is 0 Å². The van der Waals surface area contributed by atoms with Crippen molar-refractivity contribution in [2.24, 2.45) is 0 Å². The van der Waals surface area contributed by atoms with Crippen molar-refractivity contribution < 1.29 is 18.3 Å². The number of aliphatic hydroxyl groups is 1. The molecule has 2 rings (SSSR count). The van der Waals surface area contributed by atoms with Crippen molar-refractivity contribution in [2.75, 3.05) is 20.1 Å². The topological polar surface area (TPSA) is 86.7 Å². The van der Waals surface area contributed by atoms with E-state index in [0.29, 0.717) is 24.9 Å². The van der Waals surface area contributed by atoms with E-state index in [2.05, 4.69) is 5.32 Å². The molecular formula is C13H18N2O4S. The molecule has 0 aromatic heterocycles. The fraction of sp³-hybridized carbons (Fsp3) is 0.462. The number of sulfonamides is 1. The lowest BCUT2D eigenvalue weighted by Gasteiger charge is -2.29. The highest BCUT2D eigenvalue weighted by atomic mass is 32.2. The van der Waals surface area contributed by atoms with Crippen LogP contribution in [0.15, 0.2) is 29.2 Å². The minimum atomic E-state index is -3.60. The molecular weight excluding hydrogens is 280 g/mol. The summed E-state index contributed by atoms with van der Waals surface area (Å²) in [6.07, 6.45) is 0.668. The Kier molecular flexibility index (Phi) is 4.42. The molecule has 110 valence electrons. The van der Waals surface area contributed by atoms with Crippen molar-refractivity contribution in [3.63, 3.8) is 0 Å². The van der Waals surface area contributed by atoms with E-state index in [-0.39, 0.29) is 17.3 Å². The first kappa shape index (κ1) is 15.0. The van der Waals surface area contributed by atoms with Gasteiger partial charge in [-0.3, -0.25) is 4.79 Å². The van der Waals surface area contributed by atoms with Crippen molar-refractivity contribution >= 4 is 15.9 Å². The van der Waals surface area contributed by atoms with Crippen LogP contribution in [0.4, 0.5) is 0 Å². The van der Waals surface area contributed by atoms with Gasteiger partial charge in [0, 0.05) is 25.7 Å². The van der Waals surface area contributed by atoms with Gasteiger partial charge in [0.25, 0.3) is 5.91 Å². The standard InChI is InChI=1S/C13H18N2O4S/c1-14-13(17)10-4-6-12(7-5-10)20(18,19)15-8-2-3-11(16)9-15/h4-7,11,16H,2-3,8-9H2,1H3,(H,14,17)/t11-/m0/s1.